The molecule has 2 rings (SSSR count). The van der Waals surface area contributed by atoms with E-state index in [1.807, 2.05) is 31.2 Å². The molecule has 2 aromatic rings. The Morgan fingerprint density at radius 1 is 1.18 bits per heavy atom. The topological polar surface area (TPSA) is 37.3 Å². The summed E-state index contributed by atoms with van der Waals surface area (Å²) in [7, 11) is 0. The van der Waals surface area contributed by atoms with Crippen LogP contribution >= 0.6 is 0 Å². The highest BCUT2D eigenvalue weighted by Gasteiger charge is 1.96. The molecule has 0 aliphatic heterocycles. The summed E-state index contributed by atoms with van der Waals surface area (Å²) in [6, 6.07) is 12.0. The summed E-state index contributed by atoms with van der Waals surface area (Å²) in [5, 5.41) is 4.32. The lowest BCUT2D eigenvalue weighted by Crippen LogP contribution is -1.99. The van der Waals surface area contributed by atoms with Gasteiger partial charge in [0.25, 0.3) is 0 Å². The van der Waals surface area contributed by atoms with Gasteiger partial charge in [0.2, 0.25) is 0 Å². The molecule has 0 unspecified atom stereocenters. The molecule has 0 radical (unpaired) electrons. The molecule has 1 aromatic heterocycles. The van der Waals surface area contributed by atoms with Crippen molar-refractivity contribution in [1.82, 2.24) is 4.98 Å². The number of aromatic nitrogens is 1. The van der Waals surface area contributed by atoms with Crippen molar-refractivity contribution in [2.24, 2.45) is 5.10 Å². The largest absolute Gasteiger partial charge is 0.278 e. The molecular formula is C14H15N3. The molecule has 1 heterocycles. The molecule has 1 aromatic carbocycles. The van der Waals surface area contributed by atoms with Crippen LogP contribution in [0, 0.1) is 6.92 Å². The second-order valence-electron chi connectivity index (χ2n) is 3.92. The minimum atomic E-state index is 0.915. The fourth-order valence-corrected chi connectivity index (χ4v) is 1.42. The molecule has 86 valence electrons. The number of hydrogen-bond acceptors (Lipinski definition) is 3. The molecule has 3 nitrogen and oxygen atoms in total. The van der Waals surface area contributed by atoms with Gasteiger partial charge in [0.05, 0.1) is 11.4 Å². The zero-order valence-corrected chi connectivity index (χ0v) is 10.0. The first kappa shape index (κ1) is 11.3. The summed E-state index contributed by atoms with van der Waals surface area (Å²) < 4.78 is 0. The average molecular weight is 225 g/mol. The number of rotatable bonds is 3. The van der Waals surface area contributed by atoms with E-state index < -0.39 is 0 Å². The van der Waals surface area contributed by atoms with Crippen LogP contribution in [0.15, 0.2) is 53.9 Å². The Hall–Kier alpha value is -2.16. The third kappa shape index (κ3) is 3.14. The summed E-state index contributed by atoms with van der Waals surface area (Å²) >= 11 is 0. The van der Waals surface area contributed by atoms with Crippen LogP contribution in [0.25, 0.3) is 0 Å². The predicted molar refractivity (Wildman–Crippen MR) is 71.2 cm³/mol. The van der Waals surface area contributed by atoms with Crippen LogP contribution in [0.5, 0.6) is 0 Å². The van der Waals surface area contributed by atoms with E-state index in [1.54, 1.807) is 12.4 Å². The van der Waals surface area contributed by atoms with Crippen LogP contribution in [0.1, 0.15) is 18.1 Å². The molecule has 3 heteroatoms. The third-order valence-corrected chi connectivity index (χ3v) is 2.48. The summed E-state index contributed by atoms with van der Waals surface area (Å²) in [4.78, 5) is 4.06. The molecule has 0 aliphatic rings. The van der Waals surface area contributed by atoms with Gasteiger partial charge in [-0.15, -0.1) is 0 Å². The van der Waals surface area contributed by atoms with E-state index in [1.165, 1.54) is 5.56 Å². The van der Waals surface area contributed by atoms with E-state index in [0.29, 0.717) is 0 Å². The van der Waals surface area contributed by atoms with Gasteiger partial charge in [0.15, 0.2) is 0 Å². The van der Waals surface area contributed by atoms with E-state index in [9.17, 15) is 0 Å². The summed E-state index contributed by atoms with van der Waals surface area (Å²) in [6.45, 7) is 4.02. The first-order chi connectivity index (χ1) is 8.25. The lowest BCUT2D eigenvalue weighted by molar-refractivity contribution is 1.28. The summed E-state index contributed by atoms with van der Waals surface area (Å²) in [6.07, 6.45) is 3.56. The van der Waals surface area contributed by atoms with Crippen molar-refractivity contribution < 1.29 is 0 Å². The highest BCUT2D eigenvalue weighted by atomic mass is 15.3. The lowest BCUT2D eigenvalue weighted by atomic mass is 10.2. The normalized spacial score (nSPS) is 11.3. The zero-order chi connectivity index (χ0) is 12.1. The number of aryl methyl sites for hydroxylation is 1. The highest BCUT2D eigenvalue weighted by Crippen LogP contribution is 2.09. The predicted octanol–water partition coefficient (Wildman–Crippen LogP) is 3.23. The van der Waals surface area contributed by atoms with Crippen LogP contribution in [-0.2, 0) is 0 Å². The van der Waals surface area contributed by atoms with Gasteiger partial charge in [-0.1, -0.05) is 23.8 Å². The Labute approximate surface area is 101 Å². The maximum Gasteiger partial charge on any atom is 0.0663 e. The van der Waals surface area contributed by atoms with Crippen molar-refractivity contribution in [2.75, 3.05) is 5.43 Å². The van der Waals surface area contributed by atoms with Gasteiger partial charge in [-0.2, -0.15) is 5.10 Å². The first-order valence-corrected chi connectivity index (χ1v) is 5.53. The van der Waals surface area contributed by atoms with Gasteiger partial charge in [-0.25, -0.2) is 0 Å². The van der Waals surface area contributed by atoms with E-state index in [-0.39, 0.29) is 0 Å². The second-order valence-corrected chi connectivity index (χ2v) is 3.92. The molecule has 0 saturated heterocycles. The second kappa shape index (κ2) is 5.25. The molecule has 0 saturated carbocycles. The Kier molecular flexibility index (Phi) is 3.50. The maximum atomic E-state index is 4.32. The maximum absolute atomic E-state index is 4.32. The number of anilines is 1. The van der Waals surface area contributed by atoms with Crippen molar-refractivity contribution in [2.45, 2.75) is 13.8 Å². The van der Waals surface area contributed by atoms with Crippen molar-refractivity contribution in [3.8, 4) is 0 Å². The van der Waals surface area contributed by atoms with Gasteiger partial charge in [0, 0.05) is 18.0 Å². The van der Waals surface area contributed by atoms with Crippen LogP contribution in [-0.4, -0.2) is 10.7 Å². The Balaban J connectivity index is 2.08. The minimum absolute atomic E-state index is 0.915. The van der Waals surface area contributed by atoms with Gasteiger partial charge < -0.3 is 0 Å². The summed E-state index contributed by atoms with van der Waals surface area (Å²) in [5.41, 5.74) is 7.19. The minimum Gasteiger partial charge on any atom is -0.278 e. The van der Waals surface area contributed by atoms with Crippen LogP contribution in [0.2, 0.25) is 0 Å². The van der Waals surface area contributed by atoms with E-state index >= 15 is 0 Å². The monoisotopic (exact) mass is 225 g/mol. The molecule has 0 spiro atoms. The first-order valence-electron chi connectivity index (χ1n) is 5.53. The number of pyridine rings is 1. The van der Waals surface area contributed by atoms with E-state index in [4.69, 9.17) is 0 Å². The third-order valence-electron chi connectivity index (χ3n) is 2.48. The lowest BCUT2D eigenvalue weighted by Gasteiger charge is -2.03. The number of nitrogens with zero attached hydrogens (tertiary/aromatic N) is 2. The van der Waals surface area contributed by atoms with Gasteiger partial charge in [0.1, 0.15) is 0 Å². The molecule has 1 N–H and O–H groups in total. The highest BCUT2D eigenvalue weighted by molar-refractivity contribution is 5.98. The van der Waals surface area contributed by atoms with Crippen molar-refractivity contribution >= 4 is 11.4 Å². The van der Waals surface area contributed by atoms with Gasteiger partial charge in [-0.05, 0) is 32.0 Å². The van der Waals surface area contributed by atoms with E-state index in [0.717, 1.165) is 17.0 Å². The fraction of sp³-hybridized carbons (Fsp3) is 0.143. The SMILES string of the molecule is C/C(=N/Nc1ccc(C)cc1)c1cccnc1. The van der Waals surface area contributed by atoms with Crippen LogP contribution in [0.3, 0.4) is 0 Å². The molecule has 0 bridgehead atoms. The van der Waals surface area contributed by atoms with Crippen molar-refractivity contribution in [1.29, 1.82) is 0 Å². The molecular weight excluding hydrogens is 210 g/mol. The standard InChI is InChI=1S/C14H15N3/c1-11-5-7-14(8-6-11)17-16-12(2)13-4-3-9-15-10-13/h3-10,17H,1-2H3/b16-12-. The molecule has 0 aliphatic carbocycles. The zero-order valence-electron chi connectivity index (χ0n) is 10.0. The van der Waals surface area contributed by atoms with Gasteiger partial charge >= 0.3 is 0 Å². The van der Waals surface area contributed by atoms with Crippen molar-refractivity contribution in [3.63, 3.8) is 0 Å². The smallest absolute Gasteiger partial charge is 0.0663 e. The quantitative estimate of drug-likeness (QED) is 0.643. The number of nitrogens with one attached hydrogen (secondary N) is 1. The number of hydrazone groups is 1. The molecule has 0 atom stereocenters. The number of hydrogen-bond donors (Lipinski definition) is 1. The Morgan fingerprint density at radius 2 is 1.94 bits per heavy atom. The van der Waals surface area contributed by atoms with Crippen molar-refractivity contribution in [3.05, 3.63) is 59.9 Å². The van der Waals surface area contributed by atoms with Gasteiger partial charge in [-0.3, -0.25) is 10.4 Å². The fourth-order valence-electron chi connectivity index (χ4n) is 1.42. The van der Waals surface area contributed by atoms with E-state index in [2.05, 4.69) is 34.6 Å². The Bertz CT molecular complexity index is 501. The summed E-state index contributed by atoms with van der Waals surface area (Å²) in [5.74, 6) is 0. The average Bonchev–Trinajstić information content (AvgIpc) is 2.39. The Morgan fingerprint density at radius 3 is 2.59 bits per heavy atom. The molecule has 17 heavy (non-hydrogen) atoms. The van der Waals surface area contributed by atoms with Crippen LogP contribution < -0.4 is 5.43 Å². The number of benzene rings is 1. The molecule has 0 fully saturated rings. The molecule has 0 amide bonds. The van der Waals surface area contributed by atoms with Crippen LogP contribution in [0.4, 0.5) is 5.69 Å².